The molecule has 1 aromatic carbocycles. The molecule has 1 N–H and O–H groups in total. The first-order valence-corrected chi connectivity index (χ1v) is 5.78. The number of alkyl halides is 1. The van der Waals surface area contributed by atoms with E-state index in [4.69, 9.17) is 23.2 Å². The largest absolute Gasteiger partial charge is 0.308 e. The van der Waals surface area contributed by atoms with Crippen LogP contribution in [0, 0.1) is 0 Å². The van der Waals surface area contributed by atoms with Gasteiger partial charge in [0, 0.05) is 12.3 Å². The van der Waals surface area contributed by atoms with E-state index in [1.54, 1.807) is 23.0 Å². The van der Waals surface area contributed by atoms with Gasteiger partial charge >= 0.3 is 0 Å². The molecule has 0 radical (unpaired) electrons. The number of para-hydroxylation sites is 1. The van der Waals surface area contributed by atoms with Crippen LogP contribution in [0.5, 0.6) is 0 Å². The quantitative estimate of drug-likeness (QED) is 0.871. The van der Waals surface area contributed by atoms with E-state index < -0.39 is 0 Å². The van der Waals surface area contributed by atoms with Crippen LogP contribution in [0.2, 0.25) is 5.02 Å². The fraction of sp³-hybridized carbons (Fsp3) is 0.0909. The van der Waals surface area contributed by atoms with Gasteiger partial charge in [0.05, 0.1) is 10.7 Å². The highest BCUT2D eigenvalue weighted by Crippen LogP contribution is 2.19. The lowest BCUT2D eigenvalue weighted by Gasteiger charge is -2.03. The van der Waals surface area contributed by atoms with Crippen LogP contribution in [0.15, 0.2) is 36.5 Å². The normalized spacial score (nSPS) is 10.2. The lowest BCUT2D eigenvalue weighted by atomic mass is 10.3. The number of halogens is 2. The van der Waals surface area contributed by atoms with Crippen molar-refractivity contribution in [3.05, 3.63) is 41.6 Å². The van der Waals surface area contributed by atoms with Crippen molar-refractivity contribution >= 4 is 34.9 Å². The maximum atomic E-state index is 11.1. The number of benzene rings is 1. The minimum atomic E-state index is -0.295. The van der Waals surface area contributed by atoms with Crippen LogP contribution < -0.4 is 5.32 Å². The third-order valence-electron chi connectivity index (χ3n) is 2.08. The molecular formula is C11H9Cl2N3O. The third kappa shape index (κ3) is 2.78. The number of hydrogen-bond acceptors (Lipinski definition) is 2. The Hall–Kier alpha value is -1.52. The van der Waals surface area contributed by atoms with Gasteiger partial charge in [0.15, 0.2) is 5.82 Å². The average molecular weight is 270 g/mol. The molecule has 88 valence electrons. The molecule has 2 aromatic rings. The number of aromatic nitrogens is 2. The predicted molar refractivity (Wildman–Crippen MR) is 67.9 cm³/mol. The molecule has 17 heavy (non-hydrogen) atoms. The SMILES string of the molecule is O=C(CCl)Nc1ccn(-c2ccccc2Cl)n1. The van der Waals surface area contributed by atoms with E-state index >= 15 is 0 Å². The number of anilines is 1. The van der Waals surface area contributed by atoms with E-state index in [-0.39, 0.29) is 11.8 Å². The van der Waals surface area contributed by atoms with Crippen LogP contribution in [0.3, 0.4) is 0 Å². The molecule has 1 heterocycles. The standard InChI is InChI=1S/C11H9Cl2N3O/c12-7-11(17)14-10-5-6-16(15-10)9-4-2-1-3-8(9)13/h1-6H,7H2,(H,14,15,17). The Morgan fingerprint density at radius 1 is 1.35 bits per heavy atom. The Labute approximate surface area is 108 Å². The summed E-state index contributed by atoms with van der Waals surface area (Å²) in [6, 6.07) is 8.98. The van der Waals surface area contributed by atoms with E-state index in [2.05, 4.69) is 10.4 Å². The second-order valence-electron chi connectivity index (χ2n) is 3.28. The molecule has 0 unspecified atom stereocenters. The number of amides is 1. The van der Waals surface area contributed by atoms with Gasteiger partial charge in [0.2, 0.25) is 5.91 Å². The molecule has 0 aliphatic rings. The number of rotatable bonds is 3. The minimum Gasteiger partial charge on any atom is -0.308 e. The van der Waals surface area contributed by atoms with Crippen LogP contribution in [0.1, 0.15) is 0 Å². The maximum absolute atomic E-state index is 11.1. The zero-order valence-corrected chi connectivity index (χ0v) is 10.2. The van der Waals surface area contributed by atoms with Crippen LogP contribution in [0.4, 0.5) is 5.82 Å². The van der Waals surface area contributed by atoms with Crippen molar-refractivity contribution in [3.8, 4) is 5.69 Å². The monoisotopic (exact) mass is 269 g/mol. The van der Waals surface area contributed by atoms with E-state index in [1.807, 2.05) is 18.2 Å². The van der Waals surface area contributed by atoms with Crippen molar-refractivity contribution in [3.63, 3.8) is 0 Å². The van der Waals surface area contributed by atoms with Crippen LogP contribution >= 0.6 is 23.2 Å². The molecule has 0 atom stereocenters. The van der Waals surface area contributed by atoms with Crippen molar-refractivity contribution in [2.45, 2.75) is 0 Å². The highest BCUT2D eigenvalue weighted by Gasteiger charge is 2.06. The minimum absolute atomic E-state index is 0.0983. The van der Waals surface area contributed by atoms with Crippen molar-refractivity contribution in [2.24, 2.45) is 0 Å². The number of carbonyl (C=O) groups excluding carboxylic acids is 1. The average Bonchev–Trinajstić information content (AvgIpc) is 2.78. The number of hydrogen-bond donors (Lipinski definition) is 1. The fourth-order valence-corrected chi connectivity index (χ4v) is 1.63. The van der Waals surface area contributed by atoms with Crippen LogP contribution in [0.25, 0.3) is 5.69 Å². The second-order valence-corrected chi connectivity index (χ2v) is 3.95. The number of nitrogens with one attached hydrogen (secondary N) is 1. The molecule has 2 rings (SSSR count). The van der Waals surface area contributed by atoms with E-state index in [0.717, 1.165) is 5.69 Å². The lowest BCUT2D eigenvalue weighted by Crippen LogP contribution is -2.13. The molecular weight excluding hydrogens is 261 g/mol. The summed E-state index contributed by atoms with van der Waals surface area (Å²) in [6.07, 6.45) is 1.71. The highest BCUT2D eigenvalue weighted by atomic mass is 35.5. The topological polar surface area (TPSA) is 46.9 Å². The Balaban J connectivity index is 2.24. The smallest absolute Gasteiger partial charge is 0.240 e. The first-order valence-electron chi connectivity index (χ1n) is 4.87. The Bertz CT molecular complexity index is 539. The Morgan fingerprint density at radius 3 is 2.82 bits per heavy atom. The van der Waals surface area contributed by atoms with Gasteiger partial charge in [-0.05, 0) is 12.1 Å². The van der Waals surface area contributed by atoms with Gasteiger partial charge in [-0.15, -0.1) is 11.6 Å². The Morgan fingerprint density at radius 2 is 2.12 bits per heavy atom. The van der Waals surface area contributed by atoms with E-state index in [9.17, 15) is 4.79 Å². The number of nitrogens with zero attached hydrogens (tertiary/aromatic N) is 2. The summed E-state index contributed by atoms with van der Waals surface area (Å²) in [7, 11) is 0. The summed E-state index contributed by atoms with van der Waals surface area (Å²) in [5.74, 6) is 0.0468. The van der Waals surface area contributed by atoms with Gasteiger partial charge in [0.1, 0.15) is 5.88 Å². The van der Waals surface area contributed by atoms with Gasteiger partial charge in [-0.3, -0.25) is 4.79 Å². The van der Waals surface area contributed by atoms with Gasteiger partial charge in [-0.25, -0.2) is 4.68 Å². The first-order chi connectivity index (χ1) is 8.20. The first kappa shape index (κ1) is 12.0. The zero-order valence-electron chi connectivity index (χ0n) is 8.73. The summed E-state index contributed by atoms with van der Waals surface area (Å²) >= 11 is 11.4. The van der Waals surface area contributed by atoms with Crippen molar-refractivity contribution < 1.29 is 4.79 Å². The molecule has 1 amide bonds. The summed E-state index contributed by atoms with van der Waals surface area (Å²) in [4.78, 5) is 11.1. The molecule has 0 fully saturated rings. The molecule has 0 aliphatic heterocycles. The van der Waals surface area contributed by atoms with Crippen LogP contribution in [-0.2, 0) is 4.79 Å². The molecule has 0 spiro atoms. The summed E-state index contributed by atoms with van der Waals surface area (Å²) in [6.45, 7) is 0. The van der Waals surface area contributed by atoms with Gasteiger partial charge in [-0.1, -0.05) is 23.7 Å². The molecule has 4 nitrogen and oxygen atoms in total. The number of carbonyl (C=O) groups is 1. The van der Waals surface area contributed by atoms with Crippen molar-refractivity contribution in [1.29, 1.82) is 0 Å². The highest BCUT2D eigenvalue weighted by molar-refractivity contribution is 6.32. The predicted octanol–water partition coefficient (Wildman–Crippen LogP) is 2.70. The Kier molecular flexibility index (Phi) is 3.66. The second kappa shape index (κ2) is 5.21. The van der Waals surface area contributed by atoms with Gasteiger partial charge in [0.25, 0.3) is 0 Å². The fourth-order valence-electron chi connectivity index (χ4n) is 1.34. The van der Waals surface area contributed by atoms with E-state index in [0.29, 0.717) is 10.8 Å². The molecule has 0 aliphatic carbocycles. The summed E-state index contributed by atoms with van der Waals surface area (Å²) < 4.78 is 1.59. The summed E-state index contributed by atoms with van der Waals surface area (Å²) in [5, 5.41) is 7.31. The zero-order chi connectivity index (χ0) is 12.3. The summed E-state index contributed by atoms with van der Waals surface area (Å²) in [5.41, 5.74) is 0.750. The third-order valence-corrected chi connectivity index (χ3v) is 2.64. The molecule has 0 bridgehead atoms. The molecule has 6 heteroatoms. The van der Waals surface area contributed by atoms with Gasteiger partial charge in [-0.2, -0.15) is 5.10 Å². The molecule has 0 saturated carbocycles. The van der Waals surface area contributed by atoms with Crippen molar-refractivity contribution in [2.75, 3.05) is 11.2 Å². The van der Waals surface area contributed by atoms with Gasteiger partial charge < -0.3 is 5.32 Å². The molecule has 1 aromatic heterocycles. The van der Waals surface area contributed by atoms with Crippen LogP contribution in [-0.4, -0.2) is 21.6 Å². The van der Waals surface area contributed by atoms with Crippen molar-refractivity contribution in [1.82, 2.24) is 9.78 Å². The maximum Gasteiger partial charge on any atom is 0.240 e. The molecule has 0 saturated heterocycles. The lowest BCUT2D eigenvalue weighted by molar-refractivity contribution is -0.113. The van der Waals surface area contributed by atoms with E-state index in [1.165, 1.54) is 0 Å².